The zero-order valence-corrected chi connectivity index (χ0v) is 12.0. The van der Waals surface area contributed by atoms with Crippen molar-refractivity contribution in [2.24, 2.45) is 0 Å². The fraction of sp³-hybridized carbons (Fsp3) is 0.857. The van der Waals surface area contributed by atoms with Crippen molar-refractivity contribution < 1.29 is 19.4 Å². The van der Waals surface area contributed by atoms with E-state index in [2.05, 4.69) is 10.6 Å². The summed E-state index contributed by atoms with van der Waals surface area (Å²) in [6.07, 6.45) is 5.39. The predicted molar refractivity (Wildman–Crippen MR) is 73.6 cm³/mol. The topological polar surface area (TPSA) is 87.7 Å². The van der Waals surface area contributed by atoms with Gasteiger partial charge in [0.1, 0.15) is 0 Å². The molecule has 2 fully saturated rings. The molecule has 0 atom stereocenters. The Bertz CT molecular complexity index is 360. The summed E-state index contributed by atoms with van der Waals surface area (Å²) in [6.45, 7) is 2.66. The maximum atomic E-state index is 12.0. The van der Waals surface area contributed by atoms with E-state index in [1.54, 1.807) is 0 Å². The number of carboxylic acid groups (broad SMARTS) is 1. The molecular weight excluding hydrogens is 260 g/mol. The molecule has 2 saturated carbocycles. The SMILES string of the molecule is CCOC1CC(NC(=O)NC2(CC(=O)O)CCCC2)C1. The van der Waals surface area contributed by atoms with Crippen LogP contribution in [0.4, 0.5) is 4.79 Å². The monoisotopic (exact) mass is 284 g/mol. The van der Waals surface area contributed by atoms with Gasteiger partial charge in [-0.25, -0.2) is 4.79 Å². The molecule has 3 N–H and O–H groups in total. The Labute approximate surface area is 119 Å². The van der Waals surface area contributed by atoms with E-state index in [1.807, 2.05) is 6.92 Å². The Hall–Kier alpha value is -1.30. The highest BCUT2D eigenvalue weighted by atomic mass is 16.5. The minimum absolute atomic E-state index is 0.00660. The second kappa shape index (κ2) is 6.43. The summed E-state index contributed by atoms with van der Waals surface area (Å²) < 4.78 is 5.45. The molecule has 0 aliphatic heterocycles. The van der Waals surface area contributed by atoms with E-state index in [4.69, 9.17) is 9.84 Å². The van der Waals surface area contributed by atoms with Crippen LogP contribution >= 0.6 is 0 Å². The summed E-state index contributed by atoms with van der Waals surface area (Å²) >= 11 is 0. The van der Waals surface area contributed by atoms with E-state index in [9.17, 15) is 9.59 Å². The Morgan fingerprint density at radius 2 is 1.95 bits per heavy atom. The molecule has 2 amide bonds. The van der Waals surface area contributed by atoms with Crippen molar-refractivity contribution in [3.63, 3.8) is 0 Å². The van der Waals surface area contributed by atoms with Crippen LogP contribution in [0.3, 0.4) is 0 Å². The first-order chi connectivity index (χ1) is 9.53. The third-order valence-electron chi connectivity index (χ3n) is 4.26. The van der Waals surface area contributed by atoms with Gasteiger partial charge in [-0.2, -0.15) is 0 Å². The Morgan fingerprint density at radius 1 is 1.30 bits per heavy atom. The number of carboxylic acids is 1. The first-order valence-corrected chi connectivity index (χ1v) is 7.45. The standard InChI is InChI=1S/C14H24N2O4/c1-2-20-11-7-10(8-11)15-13(19)16-14(9-12(17)18)5-3-4-6-14/h10-11H,2-9H2,1H3,(H,17,18)(H2,15,16,19). The van der Waals surface area contributed by atoms with Gasteiger partial charge in [0.05, 0.1) is 18.1 Å². The van der Waals surface area contributed by atoms with Crippen LogP contribution in [0.15, 0.2) is 0 Å². The molecule has 2 rings (SSSR count). The van der Waals surface area contributed by atoms with Crippen LogP contribution in [-0.2, 0) is 9.53 Å². The highest BCUT2D eigenvalue weighted by Crippen LogP contribution is 2.32. The van der Waals surface area contributed by atoms with Crippen LogP contribution in [0.5, 0.6) is 0 Å². The molecule has 0 unspecified atom stereocenters. The maximum Gasteiger partial charge on any atom is 0.315 e. The summed E-state index contributed by atoms with van der Waals surface area (Å²) in [5.41, 5.74) is -0.557. The van der Waals surface area contributed by atoms with Crippen LogP contribution in [0.1, 0.15) is 51.9 Å². The molecule has 0 aromatic heterocycles. The molecule has 0 saturated heterocycles. The third-order valence-corrected chi connectivity index (χ3v) is 4.26. The molecule has 0 radical (unpaired) electrons. The average molecular weight is 284 g/mol. The first-order valence-electron chi connectivity index (χ1n) is 7.45. The van der Waals surface area contributed by atoms with E-state index in [1.165, 1.54) is 0 Å². The molecule has 0 heterocycles. The zero-order valence-electron chi connectivity index (χ0n) is 12.0. The number of rotatable bonds is 6. The van der Waals surface area contributed by atoms with Crippen molar-refractivity contribution in [2.45, 2.75) is 69.6 Å². The van der Waals surface area contributed by atoms with Gasteiger partial charge in [0.25, 0.3) is 0 Å². The molecule has 114 valence electrons. The molecule has 6 heteroatoms. The smallest absolute Gasteiger partial charge is 0.315 e. The van der Waals surface area contributed by atoms with Crippen molar-refractivity contribution in [1.29, 1.82) is 0 Å². The lowest BCUT2D eigenvalue weighted by molar-refractivity contribution is -0.138. The number of carbonyl (C=O) groups excluding carboxylic acids is 1. The van der Waals surface area contributed by atoms with Crippen molar-refractivity contribution in [2.75, 3.05) is 6.61 Å². The second-order valence-electron chi connectivity index (χ2n) is 5.90. The number of nitrogens with one attached hydrogen (secondary N) is 2. The number of urea groups is 1. The quantitative estimate of drug-likeness (QED) is 0.692. The fourth-order valence-corrected chi connectivity index (χ4v) is 3.20. The molecule has 20 heavy (non-hydrogen) atoms. The number of hydrogen-bond donors (Lipinski definition) is 3. The molecular formula is C14H24N2O4. The van der Waals surface area contributed by atoms with Gasteiger partial charge in [0.15, 0.2) is 0 Å². The minimum Gasteiger partial charge on any atom is -0.481 e. The van der Waals surface area contributed by atoms with Crippen LogP contribution < -0.4 is 10.6 Å². The Morgan fingerprint density at radius 3 is 2.50 bits per heavy atom. The van der Waals surface area contributed by atoms with Gasteiger partial charge in [-0.05, 0) is 32.6 Å². The van der Waals surface area contributed by atoms with Crippen LogP contribution in [0, 0.1) is 0 Å². The fourth-order valence-electron chi connectivity index (χ4n) is 3.20. The van der Waals surface area contributed by atoms with Crippen LogP contribution in [0.2, 0.25) is 0 Å². The number of ether oxygens (including phenoxy) is 1. The van der Waals surface area contributed by atoms with Crippen molar-refractivity contribution >= 4 is 12.0 Å². The highest BCUT2D eigenvalue weighted by Gasteiger charge is 2.38. The number of carbonyl (C=O) groups is 2. The van der Waals surface area contributed by atoms with Gasteiger partial charge in [-0.1, -0.05) is 12.8 Å². The number of aliphatic carboxylic acids is 1. The molecule has 0 bridgehead atoms. The lowest BCUT2D eigenvalue weighted by Crippen LogP contribution is -2.56. The summed E-state index contributed by atoms with van der Waals surface area (Å²) in [7, 11) is 0. The van der Waals surface area contributed by atoms with Gasteiger partial charge in [-0.15, -0.1) is 0 Å². The first kappa shape index (κ1) is 15.1. The Balaban J connectivity index is 1.77. The van der Waals surface area contributed by atoms with Crippen molar-refractivity contribution in [3.05, 3.63) is 0 Å². The number of amides is 2. The molecule has 2 aliphatic carbocycles. The Kier molecular flexibility index (Phi) is 4.86. The van der Waals surface area contributed by atoms with E-state index < -0.39 is 11.5 Å². The third kappa shape index (κ3) is 3.85. The molecule has 6 nitrogen and oxygen atoms in total. The van der Waals surface area contributed by atoms with Gasteiger partial charge >= 0.3 is 12.0 Å². The summed E-state index contributed by atoms with van der Waals surface area (Å²) in [6, 6.07) is -0.0945. The second-order valence-corrected chi connectivity index (χ2v) is 5.90. The van der Waals surface area contributed by atoms with Crippen LogP contribution in [0.25, 0.3) is 0 Å². The van der Waals surface area contributed by atoms with E-state index in [0.717, 1.165) is 38.5 Å². The number of hydrogen-bond acceptors (Lipinski definition) is 3. The van der Waals surface area contributed by atoms with Gasteiger partial charge in [-0.3, -0.25) is 4.79 Å². The lowest BCUT2D eigenvalue weighted by atomic mass is 9.89. The molecule has 0 aromatic carbocycles. The summed E-state index contributed by atoms with van der Waals surface area (Å²) in [5.74, 6) is -0.854. The van der Waals surface area contributed by atoms with Crippen molar-refractivity contribution in [3.8, 4) is 0 Å². The lowest BCUT2D eigenvalue weighted by Gasteiger charge is -2.37. The zero-order chi connectivity index (χ0) is 14.6. The van der Waals surface area contributed by atoms with E-state index >= 15 is 0 Å². The van der Waals surface area contributed by atoms with Gasteiger partial charge < -0.3 is 20.5 Å². The minimum atomic E-state index is -0.854. The normalized spacial score (nSPS) is 27.6. The predicted octanol–water partition coefficient (Wildman–Crippen LogP) is 1.64. The molecule has 0 aromatic rings. The molecule has 2 aliphatic rings. The van der Waals surface area contributed by atoms with Crippen LogP contribution in [-0.4, -0.2) is 41.4 Å². The highest BCUT2D eigenvalue weighted by molar-refractivity contribution is 5.77. The summed E-state index contributed by atoms with van der Waals surface area (Å²) in [5, 5.41) is 14.8. The largest absolute Gasteiger partial charge is 0.481 e. The van der Waals surface area contributed by atoms with E-state index in [-0.39, 0.29) is 24.6 Å². The van der Waals surface area contributed by atoms with E-state index in [0.29, 0.717) is 6.61 Å². The molecule has 0 spiro atoms. The van der Waals surface area contributed by atoms with Crippen molar-refractivity contribution in [1.82, 2.24) is 10.6 Å². The van der Waals surface area contributed by atoms with Gasteiger partial charge in [0, 0.05) is 12.6 Å². The maximum absolute atomic E-state index is 12.0. The average Bonchev–Trinajstić information content (AvgIpc) is 2.73. The van der Waals surface area contributed by atoms with Gasteiger partial charge in [0.2, 0.25) is 0 Å². The summed E-state index contributed by atoms with van der Waals surface area (Å²) in [4.78, 5) is 23.0.